The van der Waals surface area contributed by atoms with Gasteiger partial charge >= 0.3 is 12.1 Å². The third kappa shape index (κ3) is 2.66. The monoisotopic (exact) mass is 255 g/mol. The van der Waals surface area contributed by atoms with Crippen LogP contribution in [0, 0.1) is 0 Å². The van der Waals surface area contributed by atoms with Crippen LogP contribution in [-0.2, 0) is 0 Å². The maximum atomic E-state index is 12.9. The lowest BCUT2D eigenvalue weighted by Crippen LogP contribution is -2.45. The average Bonchev–Trinajstić information content (AvgIpc) is 2.26. The van der Waals surface area contributed by atoms with Gasteiger partial charge in [-0.2, -0.15) is 22.0 Å². The van der Waals surface area contributed by atoms with Crippen LogP contribution in [0.15, 0.2) is 24.3 Å². The van der Waals surface area contributed by atoms with Crippen molar-refractivity contribution in [2.45, 2.75) is 18.1 Å². The molecular formula is C10H10F5NO. The summed E-state index contributed by atoms with van der Waals surface area (Å²) < 4.78 is 66.8. The van der Waals surface area contributed by atoms with Gasteiger partial charge in [0.05, 0.1) is 7.11 Å². The Labute approximate surface area is 94.2 Å². The van der Waals surface area contributed by atoms with E-state index in [0.29, 0.717) is 5.75 Å². The molecule has 17 heavy (non-hydrogen) atoms. The second-order valence-electron chi connectivity index (χ2n) is 3.37. The molecule has 1 unspecified atom stereocenters. The molecule has 0 bridgehead atoms. The van der Waals surface area contributed by atoms with Crippen LogP contribution in [0.5, 0.6) is 5.75 Å². The first-order chi connectivity index (χ1) is 7.70. The maximum absolute atomic E-state index is 12.9. The van der Waals surface area contributed by atoms with Gasteiger partial charge in [0.25, 0.3) is 0 Å². The third-order valence-electron chi connectivity index (χ3n) is 2.24. The van der Waals surface area contributed by atoms with Gasteiger partial charge in [-0.15, -0.1) is 0 Å². The molecule has 1 rings (SSSR count). The largest absolute Gasteiger partial charge is 0.497 e. The van der Waals surface area contributed by atoms with Crippen LogP contribution in [0.25, 0.3) is 0 Å². The number of hydrogen-bond donors (Lipinski definition) is 1. The summed E-state index contributed by atoms with van der Waals surface area (Å²) in [6, 6.07) is 2.24. The Balaban J connectivity index is 2.99. The Morgan fingerprint density at radius 1 is 1.06 bits per heavy atom. The molecular weight excluding hydrogens is 245 g/mol. The molecule has 0 heterocycles. The lowest BCUT2D eigenvalue weighted by atomic mass is 10.0. The fourth-order valence-corrected chi connectivity index (χ4v) is 1.20. The van der Waals surface area contributed by atoms with E-state index in [1.165, 1.54) is 19.2 Å². The van der Waals surface area contributed by atoms with Gasteiger partial charge in [-0.3, -0.25) is 0 Å². The normalized spacial score (nSPS) is 14.5. The molecule has 1 aromatic rings. The third-order valence-corrected chi connectivity index (χ3v) is 2.24. The van der Waals surface area contributed by atoms with E-state index in [2.05, 4.69) is 0 Å². The molecule has 0 aromatic heterocycles. The van der Waals surface area contributed by atoms with Crippen molar-refractivity contribution in [3.63, 3.8) is 0 Å². The van der Waals surface area contributed by atoms with Crippen LogP contribution in [-0.4, -0.2) is 19.2 Å². The fraction of sp³-hybridized carbons (Fsp3) is 0.400. The highest BCUT2D eigenvalue weighted by Crippen LogP contribution is 2.43. The summed E-state index contributed by atoms with van der Waals surface area (Å²) in [6.07, 6.45) is -5.67. The zero-order valence-corrected chi connectivity index (χ0v) is 8.76. The highest BCUT2D eigenvalue weighted by atomic mass is 19.4. The van der Waals surface area contributed by atoms with Gasteiger partial charge in [-0.05, 0) is 17.7 Å². The molecule has 0 saturated carbocycles. The van der Waals surface area contributed by atoms with Crippen molar-refractivity contribution in [3.8, 4) is 5.75 Å². The Bertz CT molecular complexity index is 373. The van der Waals surface area contributed by atoms with Crippen molar-refractivity contribution in [1.29, 1.82) is 0 Å². The van der Waals surface area contributed by atoms with E-state index in [1.54, 1.807) is 0 Å². The lowest BCUT2D eigenvalue weighted by molar-refractivity contribution is -0.291. The zero-order chi connectivity index (χ0) is 13.3. The molecule has 0 spiro atoms. The van der Waals surface area contributed by atoms with E-state index < -0.39 is 18.1 Å². The summed E-state index contributed by atoms with van der Waals surface area (Å²) in [5.41, 5.74) is 4.63. The number of methoxy groups -OCH3 is 1. The van der Waals surface area contributed by atoms with Gasteiger partial charge in [0.15, 0.2) is 0 Å². The average molecular weight is 255 g/mol. The molecule has 2 nitrogen and oxygen atoms in total. The van der Waals surface area contributed by atoms with E-state index in [-0.39, 0.29) is 5.56 Å². The number of benzene rings is 1. The summed E-state index contributed by atoms with van der Waals surface area (Å²) in [6.45, 7) is 0. The van der Waals surface area contributed by atoms with Crippen molar-refractivity contribution in [2.24, 2.45) is 5.73 Å². The summed E-state index contributed by atoms with van der Waals surface area (Å²) in [5.74, 6) is -4.63. The second kappa shape index (κ2) is 4.48. The van der Waals surface area contributed by atoms with Crippen molar-refractivity contribution in [3.05, 3.63) is 29.8 Å². The number of alkyl halides is 5. The minimum atomic E-state index is -5.67. The molecule has 0 fully saturated rings. The van der Waals surface area contributed by atoms with Crippen LogP contribution < -0.4 is 10.5 Å². The van der Waals surface area contributed by atoms with Crippen molar-refractivity contribution < 1.29 is 26.7 Å². The van der Waals surface area contributed by atoms with E-state index in [4.69, 9.17) is 10.5 Å². The quantitative estimate of drug-likeness (QED) is 0.843. The summed E-state index contributed by atoms with van der Waals surface area (Å²) in [5, 5.41) is 0. The Kier molecular flexibility index (Phi) is 3.61. The molecule has 2 N–H and O–H groups in total. The van der Waals surface area contributed by atoms with Gasteiger partial charge in [0.2, 0.25) is 0 Å². The number of rotatable bonds is 3. The van der Waals surface area contributed by atoms with E-state index >= 15 is 0 Å². The summed E-state index contributed by atoms with van der Waals surface area (Å²) in [7, 11) is 1.35. The standard InChI is InChI=1S/C10H10F5NO/c1-17-7-4-2-6(3-5-7)8(16)9(11,12)10(13,14)15/h2-5,8H,16H2,1H3. The second-order valence-corrected chi connectivity index (χ2v) is 3.37. The smallest absolute Gasteiger partial charge is 0.455 e. The highest BCUT2D eigenvalue weighted by Gasteiger charge is 2.61. The fourth-order valence-electron chi connectivity index (χ4n) is 1.20. The SMILES string of the molecule is COc1ccc(C(N)C(F)(F)C(F)(F)F)cc1. The topological polar surface area (TPSA) is 35.2 Å². The molecule has 0 radical (unpaired) electrons. The Morgan fingerprint density at radius 3 is 1.88 bits per heavy atom. The molecule has 0 aliphatic carbocycles. The van der Waals surface area contributed by atoms with Gasteiger partial charge in [0, 0.05) is 0 Å². The number of hydrogen-bond acceptors (Lipinski definition) is 2. The van der Waals surface area contributed by atoms with Crippen molar-refractivity contribution in [1.82, 2.24) is 0 Å². The number of halogens is 5. The van der Waals surface area contributed by atoms with Crippen molar-refractivity contribution >= 4 is 0 Å². The first-order valence-corrected chi connectivity index (χ1v) is 4.54. The first kappa shape index (κ1) is 13.7. The van der Waals surface area contributed by atoms with E-state index in [9.17, 15) is 22.0 Å². The summed E-state index contributed by atoms with van der Waals surface area (Å²) in [4.78, 5) is 0. The molecule has 0 saturated heterocycles. The minimum Gasteiger partial charge on any atom is -0.497 e. The van der Waals surface area contributed by atoms with Crippen LogP contribution in [0.1, 0.15) is 11.6 Å². The lowest BCUT2D eigenvalue weighted by Gasteiger charge is -2.25. The first-order valence-electron chi connectivity index (χ1n) is 4.54. The number of nitrogens with two attached hydrogens (primary N) is 1. The molecule has 0 aliphatic rings. The van der Waals surface area contributed by atoms with Crippen LogP contribution in [0.2, 0.25) is 0 Å². The van der Waals surface area contributed by atoms with E-state index in [1.807, 2.05) is 0 Å². The van der Waals surface area contributed by atoms with Gasteiger partial charge in [-0.1, -0.05) is 12.1 Å². The predicted molar refractivity (Wildman–Crippen MR) is 50.9 cm³/mol. The zero-order valence-electron chi connectivity index (χ0n) is 8.76. The molecule has 0 aliphatic heterocycles. The van der Waals surface area contributed by atoms with E-state index in [0.717, 1.165) is 12.1 Å². The Hall–Kier alpha value is -1.37. The molecule has 1 aromatic carbocycles. The maximum Gasteiger partial charge on any atom is 0.455 e. The molecule has 0 amide bonds. The number of ether oxygens (including phenoxy) is 1. The minimum absolute atomic E-state index is 0.312. The van der Waals surface area contributed by atoms with Crippen LogP contribution >= 0.6 is 0 Å². The molecule has 7 heteroatoms. The van der Waals surface area contributed by atoms with Crippen LogP contribution in [0.4, 0.5) is 22.0 Å². The highest BCUT2D eigenvalue weighted by molar-refractivity contribution is 5.30. The van der Waals surface area contributed by atoms with Gasteiger partial charge in [0.1, 0.15) is 11.8 Å². The van der Waals surface area contributed by atoms with Gasteiger partial charge in [-0.25, -0.2) is 0 Å². The molecule has 1 atom stereocenters. The summed E-state index contributed by atoms with van der Waals surface area (Å²) >= 11 is 0. The van der Waals surface area contributed by atoms with Crippen molar-refractivity contribution in [2.75, 3.05) is 7.11 Å². The van der Waals surface area contributed by atoms with Gasteiger partial charge < -0.3 is 10.5 Å². The predicted octanol–water partition coefficient (Wildman–Crippen LogP) is 2.89. The molecule has 96 valence electrons. The Morgan fingerprint density at radius 2 is 1.53 bits per heavy atom. The van der Waals surface area contributed by atoms with Crippen LogP contribution in [0.3, 0.4) is 0 Å².